The summed E-state index contributed by atoms with van der Waals surface area (Å²) in [6.07, 6.45) is 1.15. The second kappa shape index (κ2) is 8.60. The van der Waals surface area contributed by atoms with Crippen molar-refractivity contribution < 1.29 is 4.79 Å². The smallest absolute Gasteiger partial charge is 0.236 e. The number of carbonyl (C=O) groups is 1. The van der Waals surface area contributed by atoms with Crippen molar-refractivity contribution in [3.05, 3.63) is 35.4 Å². The fourth-order valence-corrected chi connectivity index (χ4v) is 3.24. The normalized spacial score (nSPS) is 18.5. The average Bonchev–Trinajstić information content (AvgIpc) is 2.97. The van der Waals surface area contributed by atoms with E-state index in [0.717, 1.165) is 26.1 Å². The molecule has 1 atom stereocenters. The summed E-state index contributed by atoms with van der Waals surface area (Å²) >= 11 is 0. The molecule has 5 nitrogen and oxygen atoms in total. The van der Waals surface area contributed by atoms with Crippen molar-refractivity contribution in [3.8, 4) is 0 Å². The second-order valence-electron chi connectivity index (χ2n) is 7.40. The first kappa shape index (κ1) is 18.9. The molecule has 1 fully saturated rings. The Morgan fingerprint density at radius 2 is 1.71 bits per heavy atom. The van der Waals surface area contributed by atoms with E-state index in [4.69, 9.17) is 0 Å². The van der Waals surface area contributed by atoms with Crippen molar-refractivity contribution in [1.82, 2.24) is 19.6 Å². The van der Waals surface area contributed by atoms with Gasteiger partial charge < -0.3 is 14.7 Å². The molecule has 0 aromatic heterocycles. The van der Waals surface area contributed by atoms with E-state index in [9.17, 15) is 4.79 Å². The summed E-state index contributed by atoms with van der Waals surface area (Å²) in [6, 6.07) is 8.96. The van der Waals surface area contributed by atoms with Gasteiger partial charge in [-0.2, -0.15) is 0 Å². The molecular formula is C19H32N4O. The molecule has 0 radical (unpaired) electrons. The topological polar surface area (TPSA) is 30.0 Å². The third-order valence-corrected chi connectivity index (χ3v) is 4.77. The quantitative estimate of drug-likeness (QED) is 0.754. The van der Waals surface area contributed by atoms with E-state index in [0.29, 0.717) is 19.1 Å². The van der Waals surface area contributed by atoms with Gasteiger partial charge in [0.05, 0.1) is 6.54 Å². The molecule has 0 saturated carbocycles. The molecule has 5 heteroatoms. The van der Waals surface area contributed by atoms with Gasteiger partial charge in [-0.3, -0.25) is 9.69 Å². The highest BCUT2D eigenvalue weighted by Gasteiger charge is 2.26. The van der Waals surface area contributed by atoms with E-state index in [1.54, 1.807) is 0 Å². The maximum atomic E-state index is 12.6. The van der Waals surface area contributed by atoms with Crippen LogP contribution < -0.4 is 0 Å². The minimum Gasteiger partial charge on any atom is -0.340 e. The van der Waals surface area contributed by atoms with Crippen LogP contribution in [0.25, 0.3) is 0 Å². The number of amides is 1. The van der Waals surface area contributed by atoms with Crippen molar-refractivity contribution in [2.75, 3.05) is 54.9 Å². The summed E-state index contributed by atoms with van der Waals surface area (Å²) in [7, 11) is 10.3. The van der Waals surface area contributed by atoms with Gasteiger partial charge >= 0.3 is 0 Å². The first-order chi connectivity index (χ1) is 11.4. The lowest BCUT2D eigenvalue weighted by molar-refractivity contribution is -0.131. The number of hydrogen-bond donors (Lipinski definition) is 0. The highest BCUT2D eigenvalue weighted by molar-refractivity contribution is 5.78. The maximum Gasteiger partial charge on any atom is 0.236 e. The Bertz CT molecular complexity index is 544. The fraction of sp³-hybridized carbons (Fsp3) is 0.632. The number of hydrogen-bond acceptors (Lipinski definition) is 4. The van der Waals surface area contributed by atoms with Crippen molar-refractivity contribution in [2.45, 2.75) is 25.6 Å². The van der Waals surface area contributed by atoms with Crippen LogP contribution in [0.15, 0.2) is 24.3 Å². The monoisotopic (exact) mass is 332 g/mol. The van der Waals surface area contributed by atoms with E-state index in [-0.39, 0.29) is 5.91 Å². The van der Waals surface area contributed by atoms with E-state index in [2.05, 4.69) is 67.2 Å². The van der Waals surface area contributed by atoms with Gasteiger partial charge in [-0.15, -0.1) is 0 Å². The molecule has 24 heavy (non-hydrogen) atoms. The van der Waals surface area contributed by atoms with Crippen LogP contribution in [0.5, 0.6) is 0 Å². The van der Waals surface area contributed by atoms with E-state index in [1.165, 1.54) is 11.1 Å². The lowest BCUT2D eigenvalue weighted by Crippen LogP contribution is -2.39. The molecule has 1 aliphatic rings. The lowest BCUT2D eigenvalue weighted by atomic mass is 10.1. The molecule has 1 aliphatic heterocycles. The molecule has 134 valence electrons. The van der Waals surface area contributed by atoms with Crippen LogP contribution in [0.1, 0.15) is 17.5 Å². The van der Waals surface area contributed by atoms with Crippen LogP contribution in [0, 0.1) is 0 Å². The Hall–Kier alpha value is -1.43. The van der Waals surface area contributed by atoms with Crippen LogP contribution in [0.4, 0.5) is 0 Å². The Morgan fingerprint density at radius 1 is 1.08 bits per heavy atom. The molecular weight excluding hydrogens is 300 g/mol. The molecule has 1 aromatic carbocycles. The first-order valence-electron chi connectivity index (χ1n) is 8.71. The summed E-state index contributed by atoms with van der Waals surface area (Å²) in [5, 5.41) is 0. The van der Waals surface area contributed by atoms with E-state index >= 15 is 0 Å². The summed E-state index contributed by atoms with van der Waals surface area (Å²) in [6.45, 7) is 4.10. The van der Waals surface area contributed by atoms with Crippen molar-refractivity contribution in [3.63, 3.8) is 0 Å². The van der Waals surface area contributed by atoms with Gasteiger partial charge in [0.1, 0.15) is 0 Å². The Morgan fingerprint density at radius 3 is 2.25 bits per heavy atom. The van der Waals surface area contributed by atoms with Crippen LogP contribution in [0.2, 0.25) is 0 Å². The molecule has 0 bridgehead atoms. The zero-order valence-corrected chi connectivity index (χ0v) is 15.8. The fourth-order valence-electron chi connectivity index (χ4n) is 3.24. The summed E-state index contributed by atoms with van der Waals surface area (Å²) in [5.41, 5.74) is 2.52. The van der Waals surface area contributed by atoms with Crippen molar-refractivity contribution in [2.24, 2.45) is 0 Å². The van der Waals surface area contributed by atoms with Crippen LogP contribution >= 0.6 is 0 Å². The van der Waals surface area contributed by atoms with Crippen LogP contribution in [-0.4, -0.2) is 86.4 Å². The number of nitrogens with zero attached hydrogens (tertiary/aromatic N) is 4. The van der Waals surface area contributed by atoms with Gasteiger partial charge in [0.25, 0.3) is 0 Å². The number of benzene rings is 1. The predicted molar refractivity (Wildman–Crippen MR) is 98.8 cm³/mol. The van der Waals surface area contributed by atoms with Crippen molar-refractivity contribution >= 4 is 5.91 Å². The highest BCUT2D eigenvalue weighted by Crippen LogP contribution is 2.15. The zero-order valence-electron chi connectivity index (χ0n) is 15.8. The molecule has 1 aromatic rings. The zero-order chi connectivity index (χ0) is 17.7. The standard InChI is InChI=1S/C19H32N4O/c1-20(2)12-16-8-6-7-9-17(16)13-22(5)19(24)15-23-11-10-18(14-23)21(3)4/h6-9,18H,10-15H2,1-5H3/t18-/m1/s1. The number of likely N-dealkylation sites (tertiary alicyclic amines) is 1. The second-order valence-corrected chi connectivity index (χ2v) is 7.40. The van der Waals surface area contributed by atoms with Gasteiger partial charge in [-0.1, -0.05) is 24.3 Å². The molecule has 0 unspecified atom stereocenters. The summed E-state index contributed by atoms with van der Waals surface area (Å²) in [4.78, 5) is 21.1. The van der Waals surface area contributed by atoms with Crippen molar-refractivity contribution in [1.29, 1.82) is 0 Å². The minimum atomic E-state index is 0.203. The Labute approximate surface area is 146 Å². The van der Waals surface area contributed by atoms with Gasteiger partial charge in [0, 0.05) is 39.3 Å². The highest BCUT2D eigenvalue weighted by atomic mass is 16.2. The largest absolute Gasteiger partial charge is 0.340 e. The predicted octanol–water partition coefficient (Wildman–Crippen LogP) is 1.34. The Balaban J connectivity index is 1.90. The number of likely N-dealkylation sites (N-methyl/N-ethyl adjacent to an activating group) is 2. The summed E-state index contributed by atoms with van der Waals surface area (Å²) < 4.78 is 0. The van der Waals surface area contributed by atoms with E-state index in [1.807, 2.05) is 11.9 Å². The lowest BCUT2D eigenvalue weighted by Gasteiger charge is -2.24. The first-order valence-corrected chi connectivity index (χ1v) is 8.71. The molecule has 0 aliphatic carbocycles. The maximum absolute atomic E-state index is 12.6. The number of rotatable bonds is 7. The third-order valence-electron chi connectivity index (χ3n) is 4.77. The van der Waals surface area contributed by atoms with Gasteiger partial charge in [0.15, 0.2) is 0 Å². The van der Waals surface area contributed by atoms with E-state index < -0.39 is 0 Å². The Kier molecular flexibility index (Phi) is 6.78. The third kappa shape index (κ3) is 5.30. The molecule has 2 rings (SSSR count). The van der Waals surface area contributed by atoms with Gasteiger partial charge in [-0.05, 0) is 45.7 Å². The molecule has 0 N–H and O–H groups in total. The van der Waals surface area contributed by atoms with Crippen LogP contribution in [0.3, 0.4) is 0 Å². The molecule has 1 amide bonds. The summed E-state index contributed by atoms with van der Waals surface area (Å²) in [5.74, 6) is 0.203. The molecule has 0 spiro atoms. The van der Waals surface area contributed by atoms with Gasteiger partial charge in [0.2, 0.25) is 5.91 Å². The van der Waals surface area contributed by atoms with Crippen LogP contribution in [-0.2, 0) is 17.9 Å². The molecule has 1 heterocycles. The number of carbonyl (C=O) groups excluding carboxylic acids is 1. The molecule has 1 saturated heterocycles. The average molecular weight is 332 g/mol. The SMILES string of the molecule is CN(C)Cc1ccccc1CN(C)C(=O)CN1CC[C@@H](N(C)C)C1. The minimum absolute atomic E-state index is 0.203. The van der Waals surface area contributed by atoms with Gasteiger partial charge in [-0.25, -0.2) is 0 Å².